The lowest BCUT2D eigenvalue weighted by molar-refractivity contribution is -0.101. The van der Waals surface area contributed by atoms with Crippen LogP contribution in [0, 0.1) is 0 Å². The van der Waals surface area contributed by atoms with Gasteiger partial charge in [0.2, 0.25) is 5.95 Å². The van der Waals surface area contributed by atoms with Crippen LogP contribution in [0.2, 0.25) is 0 Å². The number of halogens is 1. The second kappa shape index (κ2) is 6.89. The third-order valence-corrected chi connectivity index (χ3v) is 3.80. The number of morpholine rings is 1. The third kappa shape index (κ3) is 4.28. The minimum absolute atomic E-state index is 0.00355. The maximum Gasteiger partial charge on any atom is 0.224 e. The SMILES string of the molecule is CCCNc1ncc(Br)c(N2CC(CO)OC(C)(C)C2)n1. The maximum atomic E-state index is 9.42. The van der Waals surface area contributed by atoms with Crippen LogP contribution in [0.15, 0.2) is 10.7 Å². The summed E-state index contributed by atoms with van der Waals surface area (Å²) in [5.74, 6) is 1.46. The highest BCUT2D eigenvalue weighted by molar-refractivity contribution is 9.10. The van der Waals surface area contributed by atoms with E-state index in [1.165, 1.54) is 0 Å². The number of ether oxygens (including phenoxy) is 1. The molecule has 1 unspecified atom stereocenters. The monoisotopic (exact) mass is 358 g/mol. The van der Waals surface area contributed by atoms with E-state index < -0.39 is 0 Å². The first-order valence-electron chi connectivity index (χ1n) is 7.25. The van der Waals surface area contributed by atoms with Crippen molar-refractivity contribution in [1.82, 2.24) is 9.97 Å². The Balaban J connectivity index is 2.22. The van der Waals surface area contributed by atoms with Gasteiger partial charge in [-0.25, -0.2) is 4.98 Å². The summed E-state index contributed by atoms with van der Waals surface area (Å²) in [5.41, 5.74) is -0.326. The number of hydrogen-bond donors (Lipinski definition) is 2. The molecule has 118 valence electrons. The number of aromatic nitrogens is 2. The van der Waals surface area contributed by atoms with Gasteiger partial charge < -0.3 is 20.1 Å². The fraction of sp³-hybridized carbons (Fsp3) is 0.714. The van der Waals surface area contributed by atoms with Crippen molar-refractivity contribution in [3.8, 4) is 0 Å². The van der Waals surface area contributed by atoms with Crippen molar-refractivity contribution in [3.63, 3.8) is 0 Å². The molecular formula is C14H23BrN4O2. The van der Waals surface area contributed by atoms with E-state index in [0.29, 0.717) is 19.0 Å². The Morgan fingerprint density at radius 1 is 1.57 bits per heavy atom. The van der Waals surface area contributed by atoms with Gasteiger partial charge in [-0.15, -0.1) is 0 Å². The molecule has 0 bridgehead atoms. The molecule has 1 aromatic heterocycles. The van der Waals surface area contributed by atoms with Gasteiger partial charge in [-0.05, 0) is 36.2 Å². The summed E-state index contributed by atoms with van der Waals surface area (Å²) in [7, 11) is 0. The molecule has 7 heteroatoms. The first kappa shape index (κ1) is 16.5. The number of anilines is 2. The predicted octanol–water partition coefficient (Wildman–Crippen LogP) is 2.04. The van der Waals surface area contributed by atoms with Crippen LogP contribution in [0.1, 0.15) is 27.2 Å². The van der Waals surface area contributed by atoms with Gasteiger partial charge >= 0.3 is 0 Å². The number of rotatable bonds is 5. The summed E-state index contributed by atoms with van der Waals surface area (Å²) in [6, 6.07) is 0. The van der Waals surface area contributed by atoms with Gasteiger partial charge in [-0.3, -0.25) is 0 Å². The first-order valence-corrected chi connectivity index (χ1v) is 8.04. The Bertz CT molecular complexity index is 484. The fourth-order valence-electron chi connectivity index (χ4n) is 2.45. The summed E-state index contributed by atoms with van der Waals surface area (Å²) >= 11 is 3.52. The smallest absolute Gasteiger partial charge is 0.224 e. The molecule has 21 heavy (non-hydrogen) atoms. The Kier molecular flexibility index (Phi) is 5.40. The largest absolute Gasteiger partial charge is 0.394 e. The second-order valence-corrected chi connectivity index (χ2v) is 6.71. The van der Waals surface area contributed by atoms with E-state index in [2.05, 4.69) is 43.0 Å². The number of nitrogens with zero attached hydrogens (tertiary/aromatic N) is 3. The van der Waals surface area contributed by atoms with Gasteiger partial charge in [-0.1, -0.05) is 6.92 Å². The maximum absolute atomic E-state index is 9.42. The fourth-order valence-corrected chi connectivity index (χ4v) is 2.90. The van der Waals surface area contributed by atoms with Crippen LogP contribution in [-0.4, -0.2) is 53.0 Å². The molecule has 1 fully saturated rings. The van der Waals surface area contributed by atoms with Gasteiger partial charge in [-0.2, -0.15) is 4.98 Å². The zero-order valence-electron chi connectivity index (χ0n) is 12.8. The highest BCUT2D eigenvalue weighted by atomic mass is 79.9. The Hall–Kier alpha value is -0.920. The van der Waals surface area contributed by atoms with Crippen molar-refractivity contribution < 1.29 is 9.84 Å². The minimum atomic E-state index is -0.326. The van der Waals surface area contributed by atoms with Gasteiger partial charge in [0.1, 0.15) is 5.82 Å². The van der Waals surface area contributed by atoms with E-state index in [0.717, 1.165) is 23.3 Å². The summed E-state index contributed by atoms with van der Waals surface area (Å²) in [6.45, 7) is 8.32. The van der Waals surface area contributed by atoms with Crippen LogP contribution in [0.4, 0.5) is 11.8 Å². The van der Waals surface area contributed by atoms with Gasteiger partial charge in [0, 0.05) is 25.8 Å². The molecule has 1 aliphatic rings. The number of aliphatic hydroxyl groups is 1. The molecule has 0 aromatic carbocycles. The number of nitrogens with one attached hydrogen (secondary N) is 1. The highest BCUT2D eigenvalue weighted by Gasteiger charge is 2.34. The average Bonchev–Trinajstić information content (AvgIpc) is 2.44. The van der Waals surface area contributed by atoms with Crippen LogP contribution < -0.4 is 10.2 Å². The number of hydrogen-bond acceptors (Lipinski definition) is 6. The van der Waals surface area contributed by atoms with Crippen LogP contribution in [0.25, 0.3) is 0 Å². The average molecular weight is 359 g/mol. The molecule has 2 N–H and O–H groups in total. The Labute approximate surface area is 134 Å². The van der Waals surface area contributed by atoms with Gasteiger partial charge in [0.05, 0.1) is 22.8 Å². The first-order chi connectivity index (χ1) is 9.95. The minimum Gasteiger partial charge on any atom is -0.394 e. The van der Waals surface area contributed by atoms with Crippen molar-refractivity contribution >= 4 is 27.7 Å². The van der Waals surface area contributed by atoms with Gasteiger partial charge in [0.25, 0.3) is 0 Å². The van der Waals surface area contributed by atoms with E-state index in [-0.39, 0.29) is 18.3 Å². The van der Waals surface area contributed by atoms with E-state index in [1.807, 2.05) is 13.8 Å². The zero-order chi connectivity index (χ0) is 15.5. The molecule has 2 heterocycles. The van der Waals surface area contributed by atoms with Crippen molar-refractivity contribution in [2.24, 2.45) is 0 Å². The van der Waals surface area contributed by atoms with Crippen molar-refractivity contribution in [2.45, 2.75) is 38.9 Å². The van der Waals surface area contributed by atoms with E-state index in [4.69, 9.17) is 4.74 Å². The summed E-state index contributed by atoms with van der Waals surface area (Å²) < 4.78 is 6.69. The van der Waals surface area contributed by atoms with E-state index >= 15 is 0 Å². The summed E-state index contributed by atoms with van der Waals surface area (Å²) in [6.07, 6.45) is 2.57. The lowest BCUT2D eigenvalue weighted by Gasteiger charge is -2.43. The number of aliphatic hydroxyl groups excluding tert-OH is 1. The van der Waals surface area contributed by atoms with Crippen LogP contribution in [0.3, 0.4) is 0 Å². The predicted molar refractivity (Wildman–Crippen MR) is 86.8 cm³/mol. The topological polar surface area (TPSA) is 70.5 Å². The molecule has 1 aromatic rings. The third-order valence-electron chi connectivity index (χ3n) is 3.24. The van der Waals surface area contributed by atoms with E-state index in [1.54, 1.807) is 6.20 Å². The van der Waals surface area contributed by atoms with Gasteiger partial charge in [0.15, 0.2) is 0 Å². The molecule has 2 rings (SSSR count). The van der Waals surface area contributed by atoms with Crippen molar-refractivity contribution in [2.75, 3.05) is 36.5 Å². The molecule has 1 saturated heterocycles. The lowest BCUT2D eigenvalue weighted by Crippen LogP contribution is -2.54. The second-order valence-electron chi connectivity index (χ2n) is 5.85. The lowest BCUT2D eigenvalue weighted by atomic mass is 10.1. The molecule has 0 amide bonds. The standard InChI is InChI=1S/C14H23BrN4O2/c1-4-5-16-13-17-6-11(15)12(18-13)19-7-10(8-20)21-14(2,3)9-19/h6,10,20H,4-5,7-9H2,1-3H3,(H,16,17,18). The van der Waals surface area contributed by atoms with Crippen LogP contribution in [-0.2, 0) is 4.74 Å². The quantitative estimate of drug-likeness (QED) is 0.839. The van der Waals surface area contributed by atoms with Crippen molar-refractivity contribution in [3.05, 3.63) is 10.7 Å². The molecule has 1 aliphatic heterocycles. The summed E-state index contributed by atoms with van der Waals surface area (Å²) in [5, 5.41) is 12.6. The van der Waals surface area contributed by atoms with E-state index in [9.17, 15) is 5.11 Å². The van der Waals surface area contributed by atoms with Crippen LogP contribution in [0.5, 0.6) is 0 Å². The molecule has 0 aliphatic carbocycles. The molecule has 6 nitrogen and oxygen atoms in total. The molecule has 0 spiro atoms. The zero-order valence-corrected chi connectivity index (χ0v) is 14.4. The Morgan fingerprint density at radius 2 is 2.33 bits per heavy atom. The van der Waals surface area contributed by atoms with Crippen molar-refractivity contribution in [1.29, 1.82) is 0 Å². The molecule has 0 radical (unpaired) electrons. The molecule has 0 saturated carbocycles. The molecular weight excluding hydrogens is 336 g/mol. The molecule has 1 atom stereocenters. The normalized spacial score (nSPS) is 21.4. The Morgan fingerprint density at radius 3 is 3.00 bits per heavy atom. The highest BCUT2D eigenvalue weighted by Crippen LogP contribution is 2.30. The van der Waals surface area contributed by atoms with Crippen LogP contribution >= 0.6 is 15.9 Å². The summed E-state index contributed by atoms with van der Waals surface area (Å²) in [4.78, 5) is 11.0.